The van der Waals surface area contributed by atoms with E-state index < -0.39 is 0 Å². The van der Waals surface area contributed by atoms with Gasteiger partial charge in [-0.3, -0.25) is 0 Å². The Morgan fingerprint density at radius 1 is 1.20 bits per heavy atom. The molecule has 0 spiro atoms. The third kappa shape index (κ3) is 4.01. The highest BCUT2D eigenvalue weighted by Gasteiger charge is 2.05. The van der Waals surface area contributed by atoms with E-state index in [9.17, 15) is 0 Å². The fraction of sp³-hybridized carbons (Fsp3) is 0.353. The minimum atomic E-state index is 0.949. The zero-order valence-electron chi connectivity index (χ0n) is 12.4. The van der Waals surface area contributed by atoms with E-state index in [2.05, 4.69) is 55.3 Å². The van der Waals surface area contributed by atoms with Gasteiger partial charge in [0.05, 0.1) is 0 Å². The predicted molar refractivity (Wildman–Crippen MR) is 88.5 cm³/mol. The maximum atomic E-state index is 4.44. The number of pyridine rings is 1. The van der Waals surface area contributed by atoms with Crippen LogP contribution >= 0.6 is 11.8 Å². The van der Waals surface area contributed by atoms with E-state index in [1.54, 1.807) is 0 Å². The summed E-state index contributed by atoms with van der Waals surface area (Å²) in [6.45, 7) is 7.45. The van der Waals surface area contributed by atoms with Crippen LogP contribution in [0.25, 0.3) is 0 Å². The zero-order chi connectivity index (χ0) is 14.4. The Morgan fingerprint density at radius 3 is 2.85 bits per heavy atom. The monoisotopic (exact) mass is 286 g/mol. The van der Waals surface area contributed by atoms with Gasteiger partial charge in [-0.15, -0.1) is 11.8 Å². The molecule has 2 nitrogen and oxygen atoms in total. The van der Waals surface area contributed by atoms with Crippen LogP contribution in [0.2, 0.25) is 0 Å². The van der Waals surface area contributed by atoms with E-state index in [0.717, 1.165) is 24.5 Å². The number of aromatic nitrogens is 1. The normalized spacial score (nSPS) is 10.6. The second-order valence-corrected chi connectivity index (χ2v) is 6.01. The highest BCUT2D eigenvalue weighted by Crippen LogP contribution is 2.28. The minimum Gasteiger partial charge on any atom is -0.370 e. The second-order valence-electron chi connectivity index (χ2n) is 5.00. The Kier molecular flexibility index (Phi) is 5.48. The van der Waals surface area contributed by atoms with Gasteiger partial charge in [-0.25, -0.2) is 4.98 Å². The second kappa shape index (κ2) is 7.34. The van der Waals surface area contributed by atoms with Crippen molar-refractivity contribution in [3.8, 4) is 0 Å². The Balaban J connectivity index is 2.08. The lowest BCUT2D eigenvalue weighted by molar-refractivity contribution is 0.965. The predicted octanol–water partition coefficient (Wildman–Crippen LogP) is 4.81. The van der Waals surface area contributed by atoms with Crippen molar-refractivity contribution in [2.75, 3.05) is 11.9 Å². The van der Waals surface area contributed by atoms with Crippen LogP contribution in [0.3, 0.4) is 0 Å². The van der Waals surface area contributed by atoms with Gasteiger partial charge in [0.15, 0.2) is 0 Å². The third-order valence-corrected chi connectivity index (χ3v) is 4.37. The van der Waals surface area contributed by atoms with Crippen molar-refractivity contribution >= 4 is 17.6 Å². The van der Waals surface area contributed by atoms with Gasteiger partial charge < -0.3 is 5.32 Å². The van der Waals surface area contributed by atoms with Crippen LogP contribution in [0.4, 0.5) is 5.82 Å². The molecule has 0 aliphatic carbocycles. The number of nitrogens with zero attached hydrogens (tertiary/aromatic N) is 1. The summed E-state index contributed by atoms with van der Waals surface area (Å²) in [6.07, 6.45) is 2.96. The van der Waals surface area contributed by atoms with E-state index in [4.69, 9.17) is 0 Å². The topological polar surface area (TPSA) is 24.9 Å². The van der Waals surface area contributed by atoms with Crippen LogP contribution < -0.4 is 5.32 Å². The van der Waals surface area contributed by atoms with Crippen LogP contribution in [0, 0.1) is 13.8 Å². The number of aryl methyl sites for hydroxylation is 2. The molecule has 106 valence electrons. The van der Waals surface area contributed by atoms with Crippen molar-refractivity contribution in [1.29, 1.82) is 0 Å². The first-order valence-electron chi connectivity index (χ1n) is 7.08. The standard InChI is InChI=1S/C17H22N2S/c1-4-9-18-17-15(6-5-10-19-17)12-20-16-11-13(2)7-8-14(16)3/h5-8,10-11H,4,9,12H2,1-3H3,(H,18,19). The maximum absolute atomic E-state index is 4.44. The molecule has 20 heavy (non-hydrogen) atoms. The molecule has 0 atom stereocenters. The molecule has 0 amide bonds. The molecule has 0 unspecified atom stereocenters. The summed E-state index contributed by atoms with van der Waals surface area (Å²) in [5.41, 5.74) is 3.92. The Morgan fingerprint density at radius 2 is 2.05 bits per heavy atom. The molecule has 3 heteroatoms. The molecule has 1 N–H and O–H groups in total. The Labute approximate surface area is 126 Å². The number of nitrogens with one attached hydrogen (secondary N) is 1. The van der Waals surface area contributed by atoms with E-state index in [-0.39, 0.29) is 0 Å². The SMILES string of the molecule is CCCNc1ncccc1CSc1cc(C)ccc1C. The summed E-state index contributed by atoms with van der Waals surface area (Å²) < 4.78 is 0. The molecular formula is C17H22N2S. The van der Waals surface area contributed by atoms with Crippen LogP contribution in [0.5, 0.6) is 0 Å². The average Bonchev–Trinajstić information content (AvgIpc) is 2.47. The van der Waals surface area contributed by atoms with Gasteiger partial charge >= 0.3 is 0 Å². The van der Waals surface area contributed by atoms with Crippen molar-refractivity contribution in [2.24, 2.45) is 0 Å². The summed E-state index contributed by atoms with van der Waals surface area (Å²) in [5, 5.41) is 3.40. The number of rotatable bonds is 6. The summed E-state index contributed by atoms with van der Waals surface area (Å²) in [7, 11) is 0. The average molecular weight is 286 g/mol. The molecule has 0 saturated heterocycles. The molecule has 0 bridgehead atoms. The number of thioether (sulfide) groups is 1. The van der Waals surface area contributed by atoms with E-state index >= 15 is 0 Å². The van der Waals surface area contributed by atoms with Crippen molar-refractivity contribution in [3.63, 3.8) is 0 Å². The Hall–Kier alpha value is -1.48. The summed E-state index contributed by atoms with van der Waals surface area (Å²) in [5.74, 6) is 1.97. The van der Waals surface area contributed by atoms with Crippen molar-refractivity contribution in [3.05, 3.63) is 53.2 Å². The minimum absolute atomic E-state index is 0.949. The molecule has 0 radical (unpaired) electrons. The molecule has 1 heterocycles. The fourth-order valence-corrected chi connectivity index (χ4v) is 3.08. The van der Waals surface area contributed by atoms with E-state index in [0.29, 0.717) is 0 Å². The molecule has 0 aliphatic rings. The smallest absolute Gasteiger partial charge is 0.129 e. The highest BCUT2D eigenvalue weighted by molar-refractivity contribution is 7.98. The van der Waals surface area contributed by atoms with Crippen LogP contribution in [-0.2, 0) is 5.75 Å². The van der Waals surface area contributed by atoms with Gasteiger partial charge in [-0.05, 0) is 38.0 Å². The lowest BCUT2D eigenvalue weighted by Crippen LogP contribution is -2.04. The molecule has 1 aromatic heterocycles. The number of hydrogen-bond acceptors (Lipinski definition) is 3. The first kappa shape index (κ1) is 14.9. The third-order valence-electron chi connectivity index (χ3n) is 3.16. The lowest BCUT2D eigenvalue weighted by atomic mass is 10.2. The fourth-order valence-electron chi connectivity index (χ4n) is 1.98. The molecular weight excluding hydrogens is 264 g/mol. The quantitative estimate of drug-likeness (QED) is 0.771. The van der Waals surface area contributed by atoms with Crippen molar-refractivity contribution in [2.45, 2.75) is 37.8 Å². The maximum Gasteiger partial charge on any atom is 0.129 e. The molecule has 1 aromatic carbocycles. The van der Waals surface area contributed by atoms with E-state index in [1.807, 2.05) is 24.0 Å². The van der Waals surface area contributed by atoms with Gasteiger partial charge in [0, 0.05) is 29.0 Å². The van der Waals surface area contributed by atoms with Gasteiger partial charge in [0.25, 0.3) is 0 Å². The summed E-state index contributed by atoms with van der Waals surface area (Å²) in [6, 6.07) is 10.8. The highest BCUT2D eigenvalue weighted by atomic mass is 32.2. The van der Waals surface area contributed by atoms with Gasteiger partial charge in [0.1, 0.15) is 5.82 Å². The zero-order valence-corrected chi connectivity index (χ0v) is 13.3. The summed E-state index contributed by atoms with van der Waals surface area (Å²) >= 11 is 1.88. The van der Waals surface area contributed by atoms with E-state index in [1.165, 1.54) is 21.6 Å². The van der Waals surface area contributed by atoms with Crippen LogP contribution in [-0.4, -0.2) is 11.5 Å². The Bertz CT molecular complexity index is 567. The van der Waals surface area contributed by atoms with Crippen molar-refractivity contribution in [1.82, 2.24) is 4.98 Å². The number of anilines is 1. The molecule has 0 saturated carbocycles. The largest absolute Gasteiger partial charge is 0.370 e. The van der Waals surface area contributed by atoms with Crippen molar-refractivity contribution < 1.29 is 0 Å². The molecule has 0 fully saturated rings. The number of hydrogen-bond donors (Lipinski definition) is 1. The van der Waals surface area contributed by atoms with Gasteiger partial charge in [0.2, 0.25) is 0 Å². The first-order chi connectivity index (χ1) is 9.70. The molecule has 2 rings (SSSR count). The van der Waals surface area contributed by atoms with Crippen LogP contribution in [0.15, 0.2) is 41.4 Å². The first-order valence-corrected chi connectivity index (χ1v) is 8.07. The van der Waals surface area contributed by atoms with Gasteiger partial charge in [-0.1, -0.05) is 30.7 Å². The molecule has 0 aliphatic heterocycles. The lowest BCUT2D eigenvalue weighted by Gasteiger charge is -2.11. The number of benzene rings is 1. The van der Waals surface area contributed by atoms with Gasteiger partial charge in [-0.2, -0.15) is 0 Å². The van der Waals surface area contributed by atoms with Crippen LogP contribution in [0.1, 0.15) is 30.0 Å². The molecule has 2 aromatic rings. The summed E-state index contributed by atoms with van der Waals surface area (Å²) in [4.78, 5) is 5.80.